The second-order valence-corrected chi connectivity index (χ2v) is 2.86. The van der Waals surface area contributed by atoms with E-state index in [1.165, 1.54) is 0 Å². The lowest BCUT2D eigenvalue weighted by Crippen LogP contribution is -2.08. The normalized spacial score (nSPS) is 9.43. The third kappa shape index (κ3) is 2.94. The van der Waals surface area contributed by atoms with Crippen molar-refractivity contribution in [3.05, 3.63) is 36.4 Å². The highest BCUT2D eigenvalue weighted by molar-refractivity contribution is 5.69. The van der Waals surface area contributed by atoms with Gasteiger partial charge in [0.25, 0.3) is 0 Å². The number of carboxylic acid groups (broad SMARTS) is 1. The molecular formula is C11H13NO2. The largest absolute Gasteiger partial charge is 0.481 e. The number of anilines is 1. The van der Waals surface area contributed by atoms with Crippen LogP contribution in [0, 0.1) is 0 Å². The molecule has 1 aromatic rings. The van der Waals surface area contributed by atoms with Crippen molar-refractivity contribution in [2.45, 2.75) is 6.42 Å². The van der Waals surface area contributed by atoms with Crippen molar-refractivity contribution in [3.63, 3.8) is 0 Å². The van der Waals surface area contributed by atoms with Gasteiger partial charge in [-0.3, -0.25) is 4.79 Å². The smallest absolute Gasteiger partial charge is 0.305 e. The molecule has 0 bridgehead atoms. The SMILES string of the molecule is C=Cc1ccccc1NCCC(=O)O. The number of rotatable bonds is 5. The van der Waals surface area contributed by atoms with E-state index in [1.807, 2.05) is 24.3 Å². The van der Waals surface area contributed by atoms with Gasteiger partial charge in [0.15, 0.2) is 0 Å². The average Bonchev–Trinajstić information content (AvgIpc) is 2.18. The van der Waals surface area contributed by atoms with Crippen LogP contribution in [0.2, 0.25) is 0 Å². The van der Waals surface area contributed by atoms with Crippen LogP contribution in [-0.2, 0) is 4.79 Å². The van der Waals surface area contributed by atoms with Gasteiger partial charge in [-0.2, -0.15) is 0 Å². The summed E-state index contributed by atoms with van der Waals surface area (Å²) in [6, 6.07) is 7.64. The van der Waals surface area contributed by atoms with Gasteiger partial charge in [-0.15, -0.1) is 0 Å². The molecule has 0 amide bonds. The lowest BCUT2D eigenvalue weighted by molar-refractivity contribution is -0.136. The van der Waals surface area contributed by atoms with E-state index in [0.717, 1.165) is 11.3 Å². The quantitative estimate of drug-likeness (QED) is 0.750. The number of benzene rings is 1. The highest BCUT2D eigenvalue weighted by Gasteiger charge is 1.99. The molecule has 0 heterocycles. The highest BCUT2D eigenvalue weighted by Crippen LogP contribution is 2.15. The molecule has 0 spiro atoms. The maximum Gasteiger partial charge on any atom is 0.305 e. The monoisotopic (exact) mass is 191 g/mol. The third-order valence-corrected chi connectivity index (χ3v) is 1.84. The maximum atomic E-state index is 10.3. The Bertz CT molecular complexity index is 334. The van der Waals surface area contributed by atoms with E-state index in [4.69, 9.17) is 5.11 Å². The van der Waals surface area contributed by atoms with Crippen molar-refractivity contribution in [1.82, 2.24) is 0 Å². The summed E-state index contributed by atoms with van der Waals surface area (Å²) < 4.78 is 0. The zero-order valence-electron chi connectivity index (χ0n) is 7.86. The fourth-order valence-electron chi connectivity index (χ4n) is 1.14. The lowest BCUT2D eigenvalue weighted by atomic mass is 10.2. The van der Waals surface area contributed by atoms with Crippen LogP contribution in [0.3, 0.4) is 0 Å². The number of carbonyl (C=O) groups is 1. The molecule has 0 aliphatic carbocycles. The van der Waals surface area contributed by atoms with Crippen LogP contribution in [-0.4, -0.2) is 17.6 Å². The zero-order valence-corrected chi connectivity index (χ0v) is 7.86. The molecule has 74 valence electrons. The van der Waals surface area contributed by atoms with Crippen LogP contribution < -0.4 is 5.32 Å². The van der Waals surface area contributed by atoms with Crippen molar-refractivity contribution in [2.75, 3.05) is 11.9 Å². The standard InChI is InChI=1S/C11H13NO2/c1-2-9-5-3-4-6-10(9)12-8-7-11(13)14/h2-6,12H,1,7-8H2,(H,13,14). The molecule has 0 aliphatic rings. The third-order valence-electron chi connectivity index (χ3n) is 1.84. The minimum atomic E-state index is -0.798. The summed E-state index contributed by atoms with van der Waals surface area (Å²) in [5, 5.41) is 11.5. The van der Waals surface area contributed by atoms with Gasteiger partial charge in [0.1, 0.15) is 0 Å². The summed E-state index contributed by atoms with van der Waals surface area (Å²) in [6.07, 6.45) is 1.86. The first-order valence-electron chi connectivity index (χ1n) is 4.41. The molecule has 1 aromatic carbocycles. The Morgan fingerprint density at radius 3 is 2.86 bits per heavy atom. The molecule has 0 saturated carbocycles. The van der Waals surface area contributed by atoms with Crippen molar-refractivity contribution in [1.29, 1.82) is 0 Å². The van der Waals surface area contributed by atoms with Gasteiger partial charge in [0.05, 0.1) is 6.42 Å². The summed E-state index contributed by atoms with van der Waals surface area (Å²) in [7, 11) is 0. The first kappa shape index (κ1) is 10.3. The van der Waals surface area contributed by atoms with Crippen LogP contribution in [0.5, 0.6) is 0 Å². The highest BCUT2D eigenvalue weighted by atomic mass is 16.4. The first-order valence-corrected chi connectivity index (χ1v) is 4.41. The topological polar surface area (TPSA) is 49.3 Å². The van der Waals surface area contributed by atoms with Gasteiger partial charge in [0.2, 0.25) is 0 Å². The Morgan fingerprint density at radius 1 is 1.50 bits per heavy atom. The number of carboxylic acids is 1. The summed E-state index contributed by atoms with van der Waals surface area (Å²) >= 11 is 0. The van der Waals surface area contributed by atoms with Gasteiger partial charge in [-0.1, -0.05) is 30.9 Å². The lowest BCUT2D eigenvalue weighted by Gasteiger charge is -2.07. The van der Waals surface area contributed by atoms with Crippen molar-refractivity contribution < 1.29 is 9.90 Å². The first-order chi connectivity index (χ1) is 6.74. The van der Waals surface area contributed by atoms with Gasteiger partial charge in [-0.05, 0) is 11.6 Å². The Hall–Kier alpha value is -1.77. The molecule has 3 heteroatoms. The van der Waals surface area contributed by atoms with E-state index in [2.05, 4.69) is 11.9 Å². The van der Waals surface area contributed by atoms with Crippen LogP contribution in [0.25, 0.3) is 6.08 Å². The molecule has 3 nitrogen and oxygen atoms in total. The van der Waals surface area contributed by atoms with Gasteiger partial charge in [-0.25, -0.2) is 0 Å². The molecule has 0 fully saturated rings. The number of aliphatic carboxylic acids is 1. The van der Waals surface area contributed by atoms with Crippen LogP contribution in [0.15, 0.2) is 30.8 Å². The van der Waals surface area contributed by atoms with Crippen molar-refractivity contribution in [2.24, 2.45) is 0 Å². The fourth-order valence-corrected chi connectivity index (χ4v) is 1.14. The molecule has 14 heavy (non-hydrogen) atoms. The van der Waals surface area contributed by atoms with E-state index in [1.54, 1.807) is 6.08 Å². The Kier molecular flexibility index (Phi) is 3.73. The fraction of sp³-hybridized carbons (Fsp3) is 0.182. The Balaban J connectivity index is 2.57. The Labute approximate surface area is 83.1 Å². The molecule has 2 N–H and O–H groups in total. The second kappa shape index (κ2) is 5.07. The van der Waals surface area contributed by atoms with Crippen LogP contribution >= 0.6 is 0 Å². The van der Waals surface area contributed by atoms with Crippen molar-refractivity contribution >= 4 is 17.7 Å². The molecule has 0 aliphatic heterocycles. The maximum absolute atomic E-state index is 10.3. The van der Waals surface area contributed by atoms with Crippen molar-refractivity contribution in [3.8, 4) is 0 Å². The molecule has 0 unspecified atom stereocenters. The van der Waals surface area contributed by atoms with Gasteiger partial charge < -0.3 is 10.4 Å². The minimum absolute atomic E-state index is 0.117. The van der Waals surface area contributed by atoms with E-state index in [0.29, 0.717) is 6.54 Å². The molecule has 0 aromatic heterocycles. The number of nitrogens with one attached hydrogen (secondary N) is 1. The number of para-hydroxylation sites is 1. The number of hydrogen-bond donors (Lipinski definition) is 2. The van der Waals surface area contributed by atoms with Gasteiger partial charge in [0, 0.05) is 12.2 Å². The summed E-state index contributed by atoms with van der Waals surface area (Å²) in [5.41, 5.74) is 1.90. The molecule has 0 atom stereocenters. The molecule has 0 radical (unpaired) electrons. The molecule has 1 rings (SSSR count). The molecular weight excluding hydrogens is 178 g/mol. The predicted molar refractivity (Wildman–Crippen MR) is 57.3 cm³/mol. The number of hydrogen-bond acceptors (Lipinski definition) is 2. The zero-order chi connectivity index (χ0) is 10.4. The Morgan fingerprint density at radius 2 is 2.21 bits per heavy atom. The molecule has 0 saturated heterocycles. The van der Waals surface area contributed by atoms with E-state index in [-0.39, 0.29) is 6.42 Å². The van der Waals surface area contributed by atoms with Crippen LogP contribution in [0.1, 0.15) is 12.0 Å². The minimum Gasteiger partial charge on any atom is -0.481 e. The summed E-state index contributed by atoms with van der Waals surface area (Å²) in [6.45, 7) is 4.11. The van der Waals surface area contributed by atoms with Gasteiger partial charge >= 0.3 is 5.97 Å². The summed E-state index contributed by atoms with van der Waals surface area (Å²) in [4.78, 5) is 10.3. The van der Waals surface area contributed by atoms with E-state index >= 15 is 0 Å². The second-order valence-electron chi connectivity index (χ2n) is 2.86. The average molecular weight is 191 g/mol. The van der Waals surface area contributed by atoms with E-state index in [9.17, 15) is 4.79 Å². The predicted octanol–water partition coefficient (Wildman–Crippen LogP) is 2.22. The van der Waals surface area contributed by atoms with Crippen LogP contribution in [0.4, 0.5) is 5.69 Å². The van der Waals surface area contributed by atoms with E-state index < -0.39 is 5.97 Å². The summed E-state index contributed by atoms with van der Waals surface area (Å²) in [5.74, 6) is -0.798.